The van der Waals surface area contributed by atoms with Gasteiger partial charge in [0.1, 0.15) is 11.5 Å². The Morgan fingerprint density at radius 2 is 1.80 bits per heavy atom. The zero-order chi connectivity index (χ0) is 14.4. The molecule has 1 fully saturated rings. The SMILES string of the molecule is CCC[Si]1(c2c(OC)cccc2OC)CCCNCC1. The summed E-state index contributed by atoms with van der Waals surface area (Å²) in [4.78, 5) is 0. The topological polar surface area (TPSA) is 30.5 Å². The summed E-state index contributed by atoms with van der Waals surface area (Å²) in [6.07, 6.45) is 2.51. The smallest absolute Gasteiger partial charge is 0.121 e. The largest absolute Gasteiger partial charge is 0.497 e. The second-order valence-electron chi connectivity index (χ2n) is 5.67. The fourth-order valence-electron chi connectivity index (χ4n) is 3.61. The Labute approximate surface area is 123 Å². The zero-order valence-electron chi connectivity index (χ0n) is 13.0. The summed E-state index contributed by atoms with van der Waals surface area (Å²) in [6, 6.07) is 10.2. The molecular weight excluding hydrogens is 266 g/mol. The van der Waals surface area contributed by atoms with Crippen LogP contribution >= 0.6 is 0 Å². The lowest BCUT2D eigenvalue weighted by Gasteiger charge is -2.33. The Hall–Kier alpha value is -1.00. The van der Waals surface area contributed by atoms with Gasteiger partial charge in [-0.2, -0.15) is 0 Å². The maximum Gasteiger partial charge on any atom is 0.121 e. The molecule has 1 atom stereocenters. The van der Waals surface area contributed by atoms with E-state index in [1.807, 2.05) is 6.07 Å². The molecule has 1 aliphatic heterocycles. The molecule has 1 unspecified atom stereocenters. The van der Waals surface area contributed by atoms with Crippen molar-refractivity contribution in [3.8, 4) is 11.5 Å². The third-order valence-electron chi connectivity index (χ3n) is 4.48. The van der Waals surface area contributed by atoms with Crippen LogP contribution in [0.25, 0.3) is 0 Å². The van der Waals surface area contributed by atoms with E-state index in [9.17, 15) is 0 Å². The van der Waals surface area contributed by atoms with Gasteiger partial charge in [0.2, 0.25) is 0 Å². The van der Waals surface area contributed by atoms with Crippen LogP contribution in [0.2, 0.25) is 18.1 Å². The summed E-state index contributed by atoms with van der Waals surface area (Å²) in [5.74, 6) is 2.07. The van der Waals surface area contributed by atoms with Crippen LogP contribution in [-0.4, -0.2) is 35.4 Å². The van der Waals surface area contributed by atoms with Crippen molar-refractivity contribution >= 4 is 13.3 Å². The van der Waals surface area contributed by atoms with Gasteiger partial charge in [-0.1, -0.05) is 31.5 Å². The number of methoxy groups -OCH3 is 2. The van der Waals surface area contributed by atoms with Gasteiger partial charge in [-0.05, 0) is 37.7 Å². The van der Waals surface area contributed by atoms with E-state index in [4.69, 9.17) is 9.47 Å². The Kier molecular flexibility index (Phi) is 5.49. The summed E-state index contributed by atoms with van der Waals surface area (Å²) >= 11 is 0. The molecule has 1 N–H and O–H groups in total. The fraction of sp³-hybridized carbons (Fsp3) is 0.625. The molecule has 4 heteroatoms. The molecule has 1 aromatic rings. The van der Waals surface area contributed by atoms with Crippen molar-refractivity contribution in [2.45, 2.75) is 37.9 Å². The number of rotatable bonds is 5. The van der Waals surface area contributed by atoms with Crippen LogP contribution in [0.5, 0.6) is 11.5 Å². The molecule has 20 heavy (non-hydrogen) atoms. The first-order valence-corrected chi connectivity index (χ1v) is 10.3. The van der Waals surface area contributed by atoms with Gasteiger partial charge >= 0.3 is 0 Å². The van der Waals surface area contributed by atoms with Gasteiger partial charge < -0.3 is 14.8 Å². The van der Waals surface area contributed by atoms with E-state index in [1.54, 1.807) is 14.2 Å². The third-order valence-corrected chi connectivity index (χ3v) is 10.0. The van der Waals surface area contributed by atoms with Crippen LogP contribution in [0.1, 0.15) is 19.8 Å². The van der Waals surface area contributed by atoms with Crippen LogP contribution in [0.3, 0.4) is 0 Å². The molecule has 0 saturated carbocycles. The molecule has 112 valence electrons. The lowest BCUT2D eigenvalue weighted by molar-refractivity contribution is 0.400. The fourth-order valence-corrected chi connectivity index (χ4v) is 8.99. The molecule has 0 amide bonds. The van der Waals surface area contributed by atoms with E-state index in [0.717, 1.165) is 24.6 Å². The van der Waals surface area contributed by atoms with Crippen molar-refractivity contribution in [3.63, 3.8) is 0 Å². The molecule has 1 saturated heterocycles. The predicted molar refractivity (Wildman–Crippen MR) is 87.1 cm³/mol. The van der Waals surface area contributed by atoms with Crippen molar-refractivity contribution in [2.24, 2.45) is 0 Å². The van der Waals surface area contributed by atoms with Gasteiger partial charge in [-0.3, -0.25) is 0 Å². The molecule has 1 heterocycles. The minimum Gasteiger partial charge on any atom is -0.497 e. The Morgan fingerprint density at radius 1 is 1.10 bits per heavy atom. The number of benzene rings is 1. The molecule has 1 aliphatic rings. The molecular formula is C16H27NO2Si. The van der Waals surface area contributed by atoms with Crippen molar-refractivity contribution in [1.29, 1.82) is 0 Å². The summed E-state index contributed by atoms with van der Waals surface area (Å²) in [5.41, 5.74) is 0. The first-order chi connectivity index (χ1) is 9.77. The zero-order valence-corrected chi connectivity index (χ0v) is 14.0. The summed E-state index contributed by atoms with van der Waals surface area (Å²) in [7, 11) is 2.01. The maximum atomic E-state index is 5.69. The van der Waals surface area contributed by atoms with Crippen molar-refractivity contribution in [3.05, 3.63) is 18.2 Å². The first-order valence-electron chi connectivity index (χ1n) is 7.69. The summed E-state index contributed by atoms with van der Waals surface area (Å²) in [6.45, 7) is 4.58. The molecule has 0 aliphatic carbocycles. The maximum absolute atomic E-state index is 5.69. The molecule has 0 spiro atoms. The minimum atomic E-state index is -1.55. The van der Waals surface area contributed by atoms with Crippen molar-refractivity contribution in [2.75, 3.05) is 27.3 Å². The minimum absolute atomic E-state index is 1.03. The molecule has 0 radical (unpaired) electrons. The lowest BCUT2D eigenvalue weighted by Crippen LogP contribution is -2.49. The quantitative estimate of drug-likeness (QED) is 0.847. The van der Waals surface area contributed by atoms with Gasteiger partial charge in [0.05, 0.1) is 22.3 Å². The van der Waals surface area contributed by atoms with Crippen molar-refractivity contribution < 1.29 is 9.47 Å². The average molecular weight is 293 g/mol. The van der Waals surface area contributed by atoms with Crippen LogP contribution in [0, 0.1) is 0 Å². The van der Waals surface area contributed by atoms with Gasteiger partial charge in [0.15, 0.2) is 0 Å². The van der Waals surface area contributed by atoms with Gasteiger partial charge in [0.25, 0.3) is 0 Å². The van der Waals surface area contributed by atoms with Gasteiger partial charge in [-0.15, -0.1) is 0 Å². The number of hydrogen-bond donors (Lipinski definition) is 1. The summed E-state index contributed by atoms with van der Waals surface area (Å²) in [5, 5.41) is 4.97. The lowest BCUT2D eigenvalue weighted by atomic mass is 10.3. The van der Waals surface area contributed by atoms with Crippen molar-refractivity contribution in [1.82, 2.24) is 5.32 Å². The number of ether oxygens (including phenoxy) is 2. The third kappa shape index (κ3) is 3.01. The van der Waals surface area contributed by atoms with E-state index >= 15 is 0 Å². The Balaban J connectivity index is 2.52. The highest BCUT2D eigenvalue weighted by molar-refractivity contribution is 6.93. The van der Waals surface area contributed by atoms with Gasteiger partial charge in [-0.25, -0.2) is 0 Å². The van der Waals surface area contributed by atoms with E-state index in [-0.39, 0.29) is 0 Å². The average Bonchev–Trinajstić information content (AvgIpc) is 2.73. The van der Waals surface area contributed by atoms with E-state index < -0.39 is 8.07 Å². The highest BCUT2D eigenvalue weighted by atomic mass is 28.3. The molecule has 3 nitrogen and oxygen atoms in total. The van der Waals surface area contributed by atoms with Crippen LogP contribution < -0.4 is 20.0 Å². The van der Waals surface area contributed by atoms with E-state index in [0.29, 0.717) is 0 Å². The molecule has 0 aromatic heterocycles. The predicted octanol–water partition coefficient (Wildman–Crippen LogP) is 2.76. The monoisotopic (exact) mass is 293 g/mol. The highest BCUT2D eigenvalue weighted by Crippen LogP contribution is 2.32. The standard InChI is InChI=1S/C16H27NO2Si/c1-4-11-20(12-6-9-17-10-13-20)16-14(18-2)7-5-8-15(16)19-3/h5,7-8,17H,4,6,9-13H2,1-3H3. The summed E-state index contributed by atoms with van der Waals surface area (Å²) < 4.78 is 11.4. The first kappa shape index (κ1) is 15.4. The van der Waals surface area contributed by atoms with E-state index in [2.05, 4.69) is 24.4 Å². The molecule has 1 aromatic carbocycles. The van der Waals surface area contributed by atoms with Crippen LogP contribution in [0.4, 0.5) is 0 Å². The highest BCUT2D eigenvalue weighted by Gasteiger charge is 2.39. The second kappa shape index (κ2) is 7.13. The number of nitrogens with one attached hydrogen (secondary N) is 1. The Morgan fingerprint density at radius 3 is 2.40 bits per heavy atom. The Bertz CT molecular complexity index is 406. The second-order valence-corrected chi connectivity index (χ2v) is 10.2. The van der Waals surface area contributed by atoms with Gasteiger partial charge in [0, 0.05) is 5.19 Å². The van der Waals surface area contributed by atoms with Crippen LogP contribution in [0.15, 0.2) is 18.2 Å². The van der Waals surface area contributed by atoms with Crippen LogP contribution in [-0.2, 0) is 0 Å². The number of hydrogen-bond acceptors (Lipinski definition) is 3. The molecule has 2 rings (SSSR count). The van der Waals surface area contributed by atoms with E-state index in [1.165, 1.54) is 36.2 Å². The molecule has 0 bridgehead atoms. The normalized spacial score (nSPS) is 23.1.